The summed E-state index contributed by atoms with van der Waals surface area (Å²) in [4.78, 5) is 0. The van der Waals surface area contributed by atoms with Crippen LogP contribution in [0.4, 0.5) is 0 Å². The van der Waals surface area contributed by atoms with Crippen LogP contribution in [0.5, 0.6) is 11.5 Å². The molecule has 0 fully saturated rings. The summed E-state index contributed by atoms with van der Waals surface area (Å²) >= 11 is 12.1. The van der Waals surface area contributed by atoms with E-state index in [0.717, 1.165) is 0 Å². The fourth-order valence-corrected chi connectivity index (χ4v) is 1.96. The molecule has 1 N–H and O–H groups in total. The Hall–Kier alpha value is -1.13. The highest BCUT2D eigenvalue weighted by Crippen LogP contribution is 2.42. The van der Waals surface area contributed by atoms with E-state index in [4.69, 9.17) is 37.9 Å². The van der Waals surface area contributed by atoms with Crippen molar-refractivity contribution in [2.24, 2.45) is 5.16 Å². The zero-order valence-corrected chi connectivity index (χ0v) is 11.0. The van der Waals surface area contributed by atoms with Gasteiger partial charge in [0.05, 0.1) is 24.5 Å². The van der Waals surface area contributed by atoms with Gasteiger partial charge in [-0.2, -0.15) is 0 Å². The number of rotatable bonds is 5. The monoisotopic (exact) mass is 277 g/mol. The maximum Gasteiger partial charge on any atom is 0.160 e. The van der Waals surface area contributed by atoms with Crippen LogP contribution in [0.2, 0.25) is 10.0 Å². The number of hydrogen-bond donors (Lipinski definition) is 1. The van der Waals surface area contributed by atoms with Gasteiger partial charge in [-0.25, -0.2) is 0 Å². The molecule has 0 aliphatic carbocycles. The van der Waals surface area contributed by atoms with Gasteiger partial charge in [-0.05, 0) is 19.9 Å². The SMILES string of the molecule is CCOc1c(Cl)cc(/C=N\O)c(OCC)c1Cl. The molecule has 0 unspecified atom stereocenters. The molecule has 1 rings (SSSR count). The molecule has 0 aliphatic heterocycles. The zero-order valence-electron chi connectivity index (χ0n) is 9.54. The van der Waals surface area contributed by atoms with Crippen LogP contribution in [0, 0.1) is 0 Å². The second-order valence-corrected chi connectivity index (χ2v) is 3.82. The first kappa shape index (κ1) is 13.9. The first-order chi connectivity index (χ1) is 8.15. The average Bonchev–Trinajstić information content (AvgIpc) is 2.30. The van der Waals surface area contributed by atoms with Crippen molar-refractivity contribution in [3.8, 4) is 11.5 Å². The van der Waals surface area contributed by atoms with Crippen LogP contribution in [0.1, 0.15) is 19.4 Å². The van der Waals surface area contributed by atoms with E-state index in [1.54, 1.807) is 6.07 Å². The molecule has 0 atom stereocenters. The molecule has 94 valence electrons. The minimum Gasteiger partial charge on any atom is -0.491 e. The molecule has 0 heterocycles. The zero-order chi connectivity index (χ0) is 12.8. The molecule has 6 heteroatoms. The van der Waals surface area contributed by atoms with Gasteiger partial charge in [-0.1, -0.05) is 28.4 Å². The Morgan fingerprint density at radius 1 is 1.24 bits per heavy atom. The van der Waals surface area contributed by atoms with Crippen LogP contribution in [-0.2, 0) is 0 Å². The topological polar surface area (TPSA) is 51.0 Å². The minimum atomic E-state index is 0.274. The van der Waals surface area contributed by atoms with E-state index in [0.29, 0.717) is 35.3 Å². The molecule has 4 nitrogen and oxygen atoms in total. The summed E-state index contributed by atoms with van der Waals surface area (Å²) in [5.74, 6) is 0.759. The Balaban J connectivity index is 3.34. The van der Waals surface area contributed by atoms with Gasteiger partial charge in [0, 0.05) is 5.56 Å². The number of ether oxygens (including phenoxy) is 2. The normalized spacial score (nSPS) is 10.8. The molecule has 0 aliphatic rings. The molecular weight excluding hydrogens is 265 g/mol. The highest BCUT2D eigenvalue weighted by molar-refractivity contribution is 6.38. The van der Waals surface area contributed by atoms with Crippen molar-refractivity contribution in [3.05, 3.63) is 21.7 Å². The third-order valence-electron chi connectivity index (χ3n) is 1.93. The molecule has 0 saturated carbocycles. The molecule has 1 aromatic carbocycles. The van der Waals surface area contributed by atoms with E-state index in [1.807, 2.05) is 13.8 Å². The Morgan fingerprint density at radius 3 is 2.35 bits per heavy atom. The predicted molar refractivity (Wildman–Crippen MR) is 68.2 cm³/mol. The molecule has 0 bridgehead atoms. The average molecular weight is 278 g/mol. The van der Waals surface area contributed by atoms with Gasteiger partial charge in [-0.3, -0.25) is 0 Å². The maximum absolute atomic E-state index is 8.56. The smallest absolute Gasteiger partial charge is 0.160 e. The molecule has 0 saturated heterocycles. The van der Waals surface area contributed by atoms with Crippen molar-refractivity contribution in [1.29, 1.82) is 0 Å². The van der Waals surface area contributed by atoms with Crippen LogP contribution in [0.3, 0.4) is 0 Å². The summed E-state index contributed by atoms with van der Waals surface area (Å²) in [6.07, 6.45) is 1.21. The number of oxime groups is 1. The Morgan fingerprint density at radius 2 is 1.82 bits per heavy atom. The van der Waals surface area contributed by atoms with Gasteiger partial charge >= 0.3 is 0 Å². The van der Waals surface area contributed by atoms with Crippen molar-refractivity contribution in [2.75, 3.05) is 13.2 Å². The van der Waals surface area contributed by atoms with Crippen LogP contribution >= 0.6 is 23.2 Å². The van der Waals surface area contributed by atoms with Crippen LogP contribution < -0.4 is 9.47 Å². The van der Waals surface area contributed by atoms with E-state index in [-0.39, 0.29) is 5.02 Å². The van der Waals surface area contributed by atoms with Gasteiger partial charge in [0.1, 0.15) is 5.02 Å². The lowest BCUT2D eigenvalue weighted by Gasteiger charge is -2.14. The van der Waals surface area contributed by atoms with E-state index in [9.17, 15) is 0 Å². The van der Waals surface area contributed by atoms with Crippen molar-refractivity contribution in [1.82, 2.24) is 0 Å². The Bertz CT molecular complexity index is 422. The number of benzene rings is 1. The molecule has 0 radical (unpaired) electrons. The molecule has 0 spiro atoms. The van der Waals surface area contributed by atoms with E-state index < -0.39 is 0 Å². The van der Waals surface area contributed by atoms with Crippen molar-refractivity contribution in [3.63, 3.8) is 0 Å². The predicted octanol–water partition coefficient (Wildman–Crippen LogP) is 3.60. The van der Waals surface area contributed by atoms with Crippen LogP contribution in [0.15, 0.2) is 11.2 Å². The van der Waals surface area contributed by atoms with Crippen LogP contribution in [-0.4, -0.2) is 24.6 Å². The van der Waals surface area contributed by atoms with Crippen molar-refractivity contribution < 1.29 is 14.7 Å². The first-order valence-electron chi connectivity index (χ1n) is 5.10. The van der Waals surface area contributed by atoms with Gasteiger partial charge in [0.15, 0.2) is 11.5 Å². The second-order valence-electron chi connectivity index (χ2n) is 3.03. The summed E-state index contributed by atoms with van der Waals surface area (Å²) in [5, 5.41) is 12.1. The second kappa shape index (κ2) is 6.57. The molecule has 1 aromatic rings. The van der Waals surface area contributed by atoms with Crippen molar-refractivity contribution >= 4 is 29.4 Å². The third kappa shape index (κ3) is 3.17. The lowest BCUT2D eigenvalue weighted by molar-refractivity contribution is 0.317. The summed E-state index contributed by atoms with van der Waals surface area (Å²) in [6, 6.07) is 1.57. The number of nitrogens with zero attached hydrogens (tertiary/aromatic N) is 1. The van der Waals surface area contributed by atoms with E-state index >= 15 is 0 Å². The number of hydrogen-bond acceptors (Lipinski definition) is 4. The van der Waals surface area contributed by atoms with Crippen molar-refractivity contribution in [2.45, 2.75) is 13.8 Å². The van der Waals surface area contributed by atoms with Gasteiger partial charge < -0.3 is 14.7 Å². The minimum absolute atomic E-state index is 0.274. The summed E-state index contributed by atoms with van der Waals surface area (Å²) < 4.78 is 10.7. The fourth-order valence-electron chi connectivity index (χ4n) is 1.33. The molecule has 0 aromatic heterocycles. The highest BCUT2D eigenvalue weighted by Gasteiger charge is 2.17. The largest absolute Gasteiger partial charge is 0.491 e. The van der Waals surface area contributed by atoms with Crippen LogP contribution in [0.25, 0.3) is 0 Å². The van der Waals surface area contributed by atoms with Gasteiger partial charge in [-0.15, -0.1) is 0 Å². The summed E-state index contributed by atoms with van der Waals surface area (Å²) in [7, 11) is 0. The summed E-state index contributed by atoms with van der Waals surface area (Å²) in [6.45, 7) is 4.53. The highest BCUT2D eigenvalue weighted by atomic mass is 35.5. The summed E-state index contributed by atoms with van der Waals surface area (Å²) in [5.41, 5.74) is 0.493. The Kier molecular flexibility index (Phi) is 5.38. The molecule has 17 heavy (non-hydrogen) atoms. The maximum atomic E-state index is 8.56. The quantitative estimate of drug-likeness (QED) is 0.508. The molecule has 0 amide bonds. The lowest BCUT2D eigenvalue weighted by atomic mass is 10.2. The van der Waals surface area contributed by atoms with Gasteiger partial charge in [0.25, 0.3) is 0 Å². The van der Waals surface area contributed by atoms with E-state index in [2.05, 4.69) is 5.16 Å². The van der Waals surface area contributed by atoms with Gasteiger partial charge in [0.2, 0.25) is 0 Å². The standard InChI is InChI=1S/C11H13Cl2NO3/c1-3-16-10-7(6-14-15)5-8(12)11(9(10)13)17-4-2/h5-6,15H,3-4H2,1-2H3/b14-6-. The Labute approximate surface area is 110 Å². The fraction of sp³-hybridized carbons (Fsp3) is 0.364. The van der Waals surface area contributed by atoms with E-state index in [1.165, 1.54) is 6.21 Å². The first-order valence-corrected chi connectivity index (χ1v) is 5.86. The number of halogens is 2. The molecular formula is C11H13Cl2NO3. The lowest BCUT2D eigenvalue weighted by Crippen LogP contribution is -2.01. The third-order valence-corrected chi connectivity index (χ3v) is 2.56.